The van der Waals surface area contributed by atoms with E-state index in [9.17, 15) is 0 Å². The summed E-state index contributed by atoms with van der Waals surface area (Å²) in [5.41, 5.74) is 4.91. The average molecular weight is 349 g/mol. The number of aromatic amines is 1. The molecule has 1 N–H and O–H groups in total. The number of benzene rings is 1. The van der Waals surface area contributed by atoms with Crippen LogP contribution in [-0.2, 0) is 11.3 Å². The van der Waals surface area contributed by atoms with E-state index in [0.717, 1.165) is 38.2 Å². The maximum absolute atomic E-state index is 5.96. The fourth-order valence-electron chi connectivity index (χ4n) is 4.04. The van der Waals surface area contributed by atoms with Crippen LogP contribution in [0, 0.1) is 0 Å². The quantitative estimate of drug-likeness (QED) is 0.704. The molecule has 3 heterocycles. The highest BCUT2D eigenvalue weighted by Gasteiger charge is 2.25. The van der Waals surface area contributed by atoms with Crippen LogP contribution in [0.5, 0.6) is 0 Å². The first-order valence-corrected chi connectivity index (χ1v) is 9.53. The summed E-state index contributed by atoms with van der Waals surface area (Å²) in [5.74, 6) is 0.496. The molecule has 1 aromatic carbocycles. The third-order valence-corrected chi connectivity index (χ3v) is 5.34. The van der Waals surface area contributed by atoms with E-state index in [1.54, 1.807) is 0 Å². The van der Waals surface area contributed by atoms with Crippen LogP contribution in [0.15, 0.2) is 48.7 Å². The normalized spacial score (nSPS) is 18.7. The molecule has 0 aliphatic carbocycles. The van der Waals surface area contributed by atoms with Crippen molar-refractivity contribution in [3.05, 3.63) is 65.5 Å². The van der Waals surface area contributed by atoms with Crippen molar-refractivity contribution in [1.29, 1.82) is 0 Å². The fraction of sp³-hybridized carbons (Fsp3) is 0.409. The molecular weight excluding hydrogens is 322 g/mol. The van der Waals surface area contributed by atoms with Gasteiger partial charge < -0.3 is 14.6 Å². The highest BCUT2D eigenvalue weighted by atomic mass is 16.5. The number of aromatic nitrogens is 2. The lowest BCUT2D eigenvalue weighted by atomic mass is 10.0. The minimum atomic E-state index is 0.180. The van der Waals surface area contributed by atoms with Gasteiger partial charge in [-0.1, -0.05) is 37.3 Å². The van der Waals surface area contributed by atoms with Crippen LogP contribution in [0.1, 0.15) is 48.6 Å². The number of rotatable bonds is 6. The maximum atomic E-state index is 5.96. The summed E-state index contributed by atoms with van der Waals surface area (Å²) in [6.45, 7) is 5.07. The summed E-state index contributed by atoms with van der Waals surface area (Å²) in [6.07, 6.45) is 4.25. The number of ether oxygens (including phenoxy) is 1. The first-order valence-electron chi connectivity index (χ1n) is 9.53. The number of hydrogen-bond acceptors (Lipinski definition) is 3. The number of fused-ring (bicyclic) bond motifs is 1. The largest absolute Gasteiger partial charge is 0.372 e. The van der Waals surface area contributed by atoms with E-state index in [4.69, 9.17) is 4.74 Å². The minimum Gasteiger partial charge on any atom is -0.372 e. The lowest BCUT2D eigenvalue weighted by Crippen LogP contribution is -2.23. The molecule has 4 heteroatoms. The zero-order valence-corrected chi connectivity index (χ0v) is 15.6. The van der Waals surface area contributed by atoms with E-state index in [1.807, 2.05) is 12.3 Å². The molecule has 1 saturated heterocycles. The van der Waals surface area contributed by atoms with Crippen LogP contribution >= 0.6 is 0 Å². The highest BCUT2D eigenvalue weighted by molar-refractivity contribution is 5.81. The summed E-state index contributed by atoms with van der Waals surface area (Å²) in [4.78, 5) is 10.5. The molecular formula is C22H27N3O. The Bertz CT molecular complexity index is 852. The molecule has 26 heavy (non-hydrogen) atoms. The smallest absolute Gasteiger partial charge is 0.137 e. The van der Waals surface area contributed by atoms with Gasteiger partial charge in [-0.3, -0.25) is 0 Å². The maximum Gasteiger partial charge on any atom is 0.137 e. The molecule has 4 nitrogen and oxygen atoms in total. The Balaban J connectivity index is 1.56. The van der Waals surface area contributed by atoms with Gasteiger partial charge in [0.2, 0.25) is 0 Å². The Morgan fingerprint density at radius 3 is 2.85 bits per heavy atom. The average Bonchev–Trinajstić information content (AvgIpc) is 3.31. The van der Waals surface area contributed by atoms with Crippen LogP contribution in [0.25, 0.3) is 11.0 Å². The Hall–Kier alpha value is -2.17. The number of likely N-dealkylation sites (N-methyl/N-ethyl adjacent to an activating group) is 1. The van der Waals surface area contributed by atoms with Crippen molar-refractivity contribution in [1.82, 2.24) is 14.9 Å². The van der Waals surface area contributed by atoms with E-state index < -0.39 is 0 Å². The van der Waals surface area contributed by atoms with E-state index in [2.05, 4.69) is 65.2 Å². The molecule has 1 unspecified atom stereocenters. The lowest BCUT2D eigenvalue weighted by Gasteiger charge is -2.23. The minimum absolute atomic E-state index is 0.180. The van der Waals surface area contributed by atoms with Gasteiger partial charge in [0.05, 0.1) is 11.8 Å². The molecule has 2 aromatic heterocycles. The number of nitrogens with one attached hydrogen (secondary N) is 1. The van der Waals surface area contributed by atoms with Crippen molar-refractivity contribution in [2.75, 3.05) is 20.2 Å². The zero-order chi connectivity index (χ0) is 17.9. The second-order valence-electron chi connectivity index (χ2n) is 7.43. The van der Waals surface area contributed by atoms with Gasteiger partial charge in [-0.2, -0.15) is 0 Å². The lowest BCUT2D eigenvalue weighted by molar-refractivity contribution is 0.108. The molecule has 2 atom stereocenters. The molecule has 1 aliphatic rings. The molecule has 4 rings (SSSR count). The highest BCUT2D eigenvalue weighted by Crippen LogP contribution is 2.34. The molecule has 0 bridgehead atoms. The van der Waals surface area contributed by atoms with Crippen LogP contribution in [0.4, 0.5) is 0 Å². The molecule has 3 aromatic rings. The Morgan fingerprint density at radius 2 is 2.08 bits per heavy atom. The third kappa shape index (κ3) is 3.53. The second-order valence-corrected chi connectivity index (χ2v) is 7.43. The Kier molecular flexibility index (Phi) is 5.05. The third-order valence-electron chi connectivity index (χ3n) is 5.34. The van der Waals surface area contributed by atoms with Crippen molar-refractivity contribution in [2.45, 2.75) is 38.3 Å². The predicted molar refractivity (Wildman–Crippen MR) is 105 cm³/mol. The topological polar surface area (TPSA) is 41.1 Å². The predicted octanol–water partition coefficient (Wildman–Crippen LogP) is 4.65. The number of hydrogen-bond donors (Lipinski definition) is 1. The van der Waals surface area contributed by atoms with Crippen molar-refractivity contribution < 1.29 is 4.74 Å². The van der Waals surface area contributed by atoms with E-state index in [1.165, 1.54) is 22.2 Å². The first-order chi connectivity index (χ1) is 12.7. The Labute approximate surface area is 155 Å². The number of pyridine rings is 1. The molecule has 0 amide bonds. The van der Waals surface area contributed by atoms with E-state index in [-0.39, 0.29) is 6.10 Å². The number of H-pyrrole nitrogens is 1. The molecule has 0 radical (unpaired) electrons. The van der Waals surface area contributed by atoms with Crippen molar-refractivity contribution in [2.24, 2.45) is 0 Å². The van der Waals surface area contributed by atoms with Crippen molar-refractivity contribution in [3.8, 4) is 0 Å². The van der Waals surface area contributed by atoms with Crippen LogP contribution in [-0.4, -0.2) is 35.1 Å². The van der Waals surface area contributed by atoms with Crippen molar-refractivity contribution >= 4 is 11.0 Å². The van der Waals surface area contributed by atoms with Crippen LogP contribution in [0.3, 0.4) is 0 Å². The van der Waals surface area contributed by atoms with Gasteiger partial charge in [-0.15, -0.1) is 0 Å². The van der Waals surface area contributed by atoms with Crippen LogP contribution < -0.4 is 0 Å². The monoisotopic (exact) mass is 349 g/mol. The standard InChI is InChI=1S/C22H27N3O/c1-16(17-8-4-3-5-9-17)14-25(2)15-19-18-10-6-12-23-22(18)24-21(19)20-11-7-13-26-20/h3-6,8-10,12,16,20H,7,11,13-15H2,1-2H3,(H,23,24)/t16?,20-/m1/s1. The molecule has 136 valence electrons. The van der Waals surface area contributed by atoms with Gasteiger partial charge >= 0.3 is 0 Å². The molecule has 0 saturated carbocycles. The summed E-state index contributed by atoms with van der Waals surface area (Å²) in [5, 5.41) is 1.22. The fourth-order valence-corrected chi connectivity index (χ4v) is 4.04. The summed E-state index contributed by atoms with van der Waals surface area (Å²) in [7, 11) is 2.20. The van der Waals surface area contributed by atoms with E-state index in [0.29, 0.717) is 5.92 Å². The first kappa shape index (κ1) is 17.3. The van der Waals surface area contributed by atoms with Gasteiger partial charge in [-0.05, 0) is 49.1 Å². The van der Waals surface area contributed by atoms with Gasteiger partial charge in [-0.25, -0.2) is 4.98 Å². The summed E-state index contributed by atoms with van der Waals surface area (Å²) >= 11 is 0. The number of nitrogens with zero attached hydrogens (tertiary/aromatic N) is 2. The van der Waals surface area contributed by atoms with Gasteiger partial charge in [0.25, 0.3) is 0 Å². The van der Waals surface area contributed by atoms with Crippen LogP contribution in [0.2, 0.25) is 0 Å². The second kappa shape index (κ2) is 7.60. The molecule has 1 fully saturated rings. The van der Waals surface area contributed by atoms with Gasteiger partial charge in [0, 0.05) is 31.3 Å². The summed E-state index contributed by atoms with van der Waals surface area (Å²) in [6, 6.07) is 14.9. The van der Waals surface area contributed by atoms with Gasteiger partial charge in [0.15, 0.2) is 0 Å². The molecule has 0 spiro atoms. The summed E-state index contributed by atoms with van der Waals surface area (Å²) < 4.78 is 5.96. The van der Waals surface area contributed by atoms with Crippen molar-refractivity contribution in [3.63, 3.8) is 0 Å². The van der Waals surface area contributed by atoms with Gasteiger partial charge in [0.1, 0.15) is 5.65 Å². The zero-order valence-electron chi connectivity index (χ0n) is 15.6. The SMILES string of the molecule is CC(CN(C)Cc1c([C@H]2CCCO2)[nH]c2ncccc12)c1ccccc1. The molecule has 1 aliphatic heterocycles. The van der Waals surface area contributed by atoms with E-state index >= 15 is 0 Å². The Morgan fingerprint density at radius 1 is 1.23 bits per heavy atom.